The largest absolute Gasteiger partial charge is 0.385 e. The smallest absolute Gasteiger partial charge is 0.0901 e. The molecule has 1 aliphatic rings. The molecule has 1 aromatic carbocycles. The van der Waals surface area contributed by atoms with Crippen molar-refractivity contribution in [2.45, 2.75) is 45.1 Å². The number of aliphatic hydroxyl groups is 1. The minimum Gasteiger partial charge on any atom is -0.385 e. The van der Waals surface area contributed by atoms with Crippen molar-refractivity contribution >= 4 is 0 Å². The summed E-state index contributed by atoms with van der Waals surface area (Å²) >= 11 is 0. The second kappa shape index (κ2) is 3.97. The van der Waals surface area contributed by atoms with E-state index in [9.17, 15) is 5.11 Å². The Balaban J connectivity index is 2.32. The van der Waals surface area contributed by atoms with Crippen LogP contribution in [0.25, 0.3) is 0 Å². The monoisotopic (exact) mass is 204 g/mol. The number of benzene rings is 1. The third-order valence-electron chi connectivity index (χ3n) is 3.62. The van der Waals surface area contributed by atoms with Gasteiger partial charge in [-0.25, -0.2) is 0 Å². The van der Waals surface area contributed by atoms with Gasteiger partial charge in [0, 0.05) is 0 Å². The molecule has 0 unspecified atom stereocenters. The molecule has 1 aromatic rings. The van der Waals surface area contributed by atoms with Crippen LogP contribution in [0.5, 0.6) is 0 Å². The molecular formula is C14H20O. The van der Waals surface area contributed by atoms with E-state index in [4.69, 9.17) is 0 Å². The highest BCUT2D eigenvalue weighted by Gasteiger charge is 2.34. The zero-order valence-corrected chi connectivity index (χ0v) is 9.66. The summed E-state index contributed by atoms with van der Waals surface area (Å²) < 4.78 is 0. The lowest BCUT2D eigenvalue weighted by Gasteiger charge is -2.36. The molecule has 1 aliphatic carbocycles. The van der Waals surface area contributed by atoms with Crippen LogP contribution in [0.1, 0.15) is 43.7 Å². The molecule has 0 radical (unpaired) electrons. The molecule has 1 heteroatoms. The third kappa shape index (κ3) is 2.07. The molecule has 2 atom stereocenters. The van der Waals surface area contributed by atoms with E-state index >= 15 is 0 Å². The molecule has 1 saturated carbocycles. The Morgan fingerprint density at radius 3 is 2.73 bits per heavy atom. The predicted molar refractivity (Wildman–Crippen MR) is 62.7 cm³/mol. The maximum Gasteiger partial charge on any atom is 0.0901 e. The second-order valence-corrected chi connectivity index (χ2v) is 5.05. The third-order valence-corrected chi connectivity index (χ3v) is 3.62. The molecule has 0 aromatic heterocycles. The van der Waals surface area contributed by atoms with Gasteiger partial charge in [0.25, 0.3) is 0 Å². The van der Waals surface area contributed by atoms with Crippen LogP contribution < -0.4 is 0 Å². The first-order chi connectivity index (χ1) is 7.12. The minimum atomic E-state index is -0.566. The maximum absolute atomic E-state index is 10.7. The zero-order chi connectivity index (χ0) is 10.9. The number of hydrogen-bond donors (Lipinski definition) is 1. The van der Waals surface area contributed by atoms with E-state index in [0.29, 0.717) is 5.92 Å². The fraction of sp³-hybridized carbons (Fsp3) is 0.571. The molecule has 1 nitrogen and oxygen atoms in total. The van der Waals surface area contributed by atoms with Crippen molar-refractivity contribution in [2.24, 2.45) is 5.92 Å². The van der Waals surface area contributed by atoms with Crippen molar-refractivity contribution < 1.29 is 5.11 Å². The molecule has 0 saturated heterocycles. The molecule has 0 aliphatic heterocycles. The quantitative estimate of drug-likeness (QED) is 0.743. The van der Waals surface area contributed by atoms with E-state index in [0.717, 1.165) is 24.8 Å². The van der Waals surface area contributed by atoms with Gasteiger partial charge in [-0.2, -0.15) is 0 Å². The van der Waals surface area contributed by atoms with Gasteiger partial charge in [0.15, 0.2) is 0 Å². The van der Waals surface area contributed by atoms with Gasteiger partial charge in [-0.15, -0.1) is 0 Å². The van der Waals surface area contributed by atoms with Crippen molar-refractivity contribution in [1.29, 1.82) is 0 Å². The first kappa shape index (κ1) is 10.7. The van der Waals surface area contributed by atoms with E-state index in [2.05, 4.69) is 26.0 Å². The standard InChI is InChI=1S/C14H20O/c1-11-6-5-9-14(15,10-11)13-8-4-3-7-12(13)2/h3-4,7-8,11,15H,5-6,9-10H2,1-2H3/t11-,14-/m1/s1. The van der Waals surface area contributed by atoms with Crippen molar-refractivity contribution in [3.05, 3.63) is 35.4 Å². The van der Waals surface area contributed by atoms with Crippen LogP contribution in [0.2, 0.25) is 0 Å². The van der Waals surface area contributed by atoms with Crippen LogP contribution in [0.4, 0.5) is 0 Å². The summed E-state index contributed by atoms with van der Waals surface area (Å²) in [7, 11) is 0. The highest BCUT2D eigenvalue weighted by Crippen LogP contribution is 2.40. The summed E-state index contributed by atoms with van der Waals surface area (Å²) in [4.78, 5) is 0. The highest BCUT2D eigenvalue weighted by atomic mass is 16.3. The Hall–Kier alpha value is -0.820. The summed E-state index contributed by atoms with van der Waals surface area (Å²) in [6, 6.07) is 8.23. The topological polar surface area (TPSA) is 20.2 Å². The van der Waals surface area contributed by atoms with Gasteiger partial charge in [0.2, 0.25) is 0 Å². The fourth-order valence-corrected chi connectivity index (χ4v) is 2.86. The Morgan fingerprint density at radius 1 is 1.33 bits per heavy atom. The van der Waals surface area contributed by atoms with Gasteiger partial charge in [0.1, 0.15) is 0 Å². The SMILES string of the molecule is Cc1ccccc1[C@@]1(O)CCC[C@@H](C)C1. The van der Waals surface area contributed by atoms with E-state index in [-0.39, 0.29) is 0 Å². The number of hydrogen-bond acceptors (Lipinski definition) is 1. The lowest BCUT2D eigenvalue weighted by Crippen LogP contribution is -2.32. The zero-order valence-electron chi connectivity index (χ0n) is 9.66. The van der Waals surface area contributed by atoms with Gasteiger partial charge < -0.3 is 5.11 Å². The molecule has 0 spiro atoms. The Labute approximate surface area is 92.1 Å². The average molecular weight is 204 g/mol. The Morgan fingerprint density at radius 2 is 2.07 bits per heavy atom. The summed E-state index contributed by atoms with van der Waals surface area (Å²) in [5.74, 6) is 0.642. The first-order valence-electron chi connectivity index (χ1n) is 5.90. The molecule has 2 rings (SSSR count). The Bertz CT molecular complexity index is 345. The predicted octanol–water partition coefficient (Wildman–Crippen LogP) is 3.39. The van der Waals surface area contributed by atoms with Gasteiger partial charge in [-0.3, -0.25) is 0 Å². The second-order valence-electron chi connectivity index (χ2n) is 5.05. The van der Waals surface area contributed by atoms with Crippen LogP contribution in [-0.4, -0.2) is 5.11 Å². The maximum atomic E-state index is 10.7. The molecule has 1 N–H and O–H groups in total. The molecular weight excluding hydrogens is 184 g/mol. The van der Waals surface area contributed by atoms with Crippen molar-refractivity contribution in [3.63, 3.8) is 0 Å². The van der Waals surface area contributed by atoms with Crippen LogP contribution in [-0.2, 0) is 5.60 Å². The molecule has 0 heterocycles. The number of rotatable bonds is 1. The molecule has 0 bridgehead atoms. The van der Waals surface area contributed by atoms with Gasteiger partial charge >= 0.3 is 0 Å². The number of aryl methyl sites for hydroxylation is 1. The lowest BCUT2D eigenvalue weighted by molar-refractivity contribution is -0.0183. The molecule has 1 fully saturated rings. The van der Waals surface area contributed by atoms with Crippen molar-refractivity contribution in [3.8, 4) is 0 Å². The normalized spacial score (nSPS) is 31.5. The van der Waals surface area contributed by atoms with E-state index in [1.165, 1.54) is 12.0 Å². The van der Waals surface area contributed by atoms with Gasteiger partial charge in [-0.1, -0.05) is 37.6 Å². The van der Waals surface area contributed by atoms with Crippen molar-refractivity contribution in [1.82, 2.24) is 0 Å². The molecule has 82 valence electrons. The van der Waals surface area contributed by atoms with Crippen LogP contribution in [0.15, 0.2) is 24.3 Å². The van der Waals surface area contributed by atoms with Crippen LogP contribution >= 0.6 is 0 Å². The van der Waals surface area contributed by atoms with E-state index in [1.807, 2.05) is 12.1 Å². The van der Waals surface area contributed by atoms with Crippen LogP contribution in [0, 0.1) is 12.8 Å². The van der Waals surface area contributed by atoms with E-state index < -0.39 is 5.60 Å². The lowest BCUT2D eigenvalue weighted by atomic mass is 9.74. The molecule has 15 heavy (non-hydrogen) atoms. The van der Waals surface area contributed by atoms with Gasteiger partial charge in [-0.05, 0) is 43.2 Å². The summed E-state index contributed by atoms with van der Waals surface area (Å²) in [6.07, 6.45) is 4.24. The molecule has 0 amide bonds. The highest BCUT2D eigenvalue weighted by molar-refractivity contribution is 5.31. The summed E-state index contributed by atoms with van der Waals surface area (Å²) in [5.41, 5.74) is 1.79. The van der Waals surface area contributed by atoms with E-state index in [1.54, 1.807) is 0 Å². The summed E-state index contributed by atoms with van der Waals surface area (Å²) in [6.45, 7) is 4.33. The van der Waals surface area contributed by atoms with Crippen molar-refractivity contribution in [2.75, 3.05) is 0 Å². The average Bonchev–Trinajstić information content (AvgIpc) is 2.17. The van der Waals surface area contributed by atoms with Crippen LogP contribution in [0.3, 0.4) is 0 Å². The van der Waals surface area contributed by atoms with Gasteiger partial charge in [0.05, 0.1) is 5.60 Å². The minimum absolute atomic E-state index is 0.566. The summed E-state index contributed by atoms with van der Waals surface area (Å²) in [5, 5.41) is 10.7. The first-order valence-corrected chi connectivity index (χ1v) is 5.90. The fourth-order valence-electron chi connectivity index (χ4n) is 2.86. The Kier molecular flexibility index (Phi) is 2.83.